The number of alkyl halides is 2. The van der Waals surface area contributed by atoms with E-state index < -0.39 is 11.7 Å². The molecule has 0 heterocycles. The van der Waals surface area contributed by atoms with Crippen LogP contribution < -0.4 is 0 Å². The molecule has 2 atom stereocenters. The Morgan fingerprint density at radius 2 is 1.89 bits per heavy atom. The minimum absolute atomic E-state index is 0.0272. The molecule has 0 saturated heterocycles. The Hall–Kier alpha value is -1.10. The number of halogens is 2. The van der Waals surface area contributed by atoms with E-state index in [1.54, 1.807) is 24.3 Å². The van der Waals surface area contributed by atoms with E-state index in [9.17, 15) is 13.6 Å². The number of carbonyl (C=O) groups is 1. The Balaban J connectivity index is 2.14. The molecular formula is C13H14F2O2S. The Morgan fingerprint density at radius 1 is 1.33 bits per heavy atom. The van der Waals surface area contributed by atoms with Crippen molar-refractivity contribution in [3.63, 3.8) is 0 Å². The predicted octanol–water partition coefficient (Wildman–Crippen LogP) is 3.83. The Labute approximate surface area is 108 Å². The van der Waals surface area contributed by atoms with Gasteiger partial charge in [0.2, 0.25) is 0 Å². The van der Waals surface area contributed by atoms with Crippen molar-refractivity contribution in [3.8, 4) is 0 Å². The summed E-state index contributed by atoms with van der Waals surface area (Å²) in [6.07, 6.45) is 0. The minimum Gasteiger partial charge on any atom is -0.481 e. The van der Waals surface area contributed by atoms with Gasteiger partial charge >= 0.3 is 5.97 Å². The van der Waals surface area contributed by atoms with Crippen molar-refractivity contribution in [3.05, 3.63) is 29.8 Å². The van der Waals surface area contributed by atoms with Gasteiger partial charge in [-0.1, -0.05) is 37.7 Å². The fourth-order valence-corrected chi connectivity index (χ4v) is 3.08. The van der Waals surface area contributed by atoms with Crippen LogP contribution in [0.2, 0.25) is 0 Å². The molecule has 2 nitrogen and oxygen atoms in total. The second-order valence-electron chi connectivity index (χ2n) is 5.06. The summed E-state index contributed by atoms with van der Waals surface area (Å²) < 4.78 is 24.3. The van der Waals surface area contributed by atoms with E-state index >= 15 is 0 Å². The van der Waals surface area contributed by atoms with E-state index in [1.807, 2.05) is 13.8 Å². The normalized spacial score (nSPS) is 25.2. The maximum atomic E-state index is 12.2. The van der Waals surface area contributed by atoms with Crippen molar-refractivity contribution in [2.45, 2.75) is 30.4 Å². The average molecular weight is 272 g/mol. The molecule has 98 valence electrons. The molecule has 0 amide bonds. The summed E-state index contributed by atoms with van der Waals surface area (Å²) in [6, 6.07) is 6.75. The molecule has 1 aliphatic rings. The Morgan fingerprint density at radius 3 is 2.28 bits per heavy atom. The molecule has 5 heteroatoms. The number of thioether (sulfide) groups is 1. The zero-order valence-corrected chi connectivity index (χ0v) is 10.9. The highest BCUT2D eigenvalue weighted by Crippen LogP contribution is 2.64. The van der Waals surface area contributed by atoms with Gasteiger partial charge in [-0.05, 0) is 23.1 Å². The van der Waals surface area contributed by atoms with Crippen molar-refractivity contribution >= 4 is 17.7 Å². The van der Waals surface area contributed by atoms with E-state index in [0.29, 0.717) is 16.7 Å². The van der Waals surface area contributed by atoms with Crippen LogP contribution in [0.15, 0.2) is 29.2 Å². The lowest BCUT2D eigenvalue weighted by atomic mass is 10.0. The van der Waals surface area contributed by atoms with Gasteiger partial charge in [-0.2, -0.15) is 8.78 Å². The summed E-state index contributed by atoms with van der Waals surface area (Å²) in [4.78, 5) is 11.6. The molecule has 1 aromatic rings. The van der Waals surface area contributed by atoms with Gasteiger partial charge in [0.15, 0.2) is 0 Å². The highest BCUT2D eigenvalue weighted by Gasteiger charge is 2.62. The van der Waals surface area contributed by atoms with Crippen molar-refractivity contribution < 1.29 is 18.7 Å². The van der Waals surface area contributed by atoms with Crippen LogP contribution in [0.1, 0.15) is 25.3 Å². The molecule has 1 fully saturated rings. The zero-order valence-electron chi connectivity index (χ0n) is 10.1. The van der Waals surface area contributed by atoms with Gasteiger partial charge in [0.05, 0.1) is 5.92 Å². The fourth-order valence-electron chi connectivity index (χ4n) is 2.58. The van der Waals surface area contributed by atoms with Gasteiger partial charge in [0.25, 0.3) is 5.76 Å². The van der Waals surface area contributed by atoms with Gasteiger partial charge in [-0.3, -0.25) is 4.79 Å². The third-order valence-electron chi connectivity index (χ3n) is 3.56. The fraction of sp³-hybridized carbons (Fsp3) is 0.462. The van der Waals surface area contributed by atoms with Crippen LogP contribution in [0.5, 0.6) is 0 Å². The Kier molecular flexibility index (Phi) is 3.36. The minimum atomic E-state index is -2.43. The average Bonchev–Trinajstić information content (AvgIpc) is 2.82. The third kappa shape index (κ3) is 2.36. The van der Waals surface area contributed by atoms with Crippen LogP contribution in [0.3, 0.4) is 0 Å². The van der Waals surface area contributed by atoms with Crippen LogP contribution >= 0.6 is 11.8 Å². The molecule has 0 aliphatic heterocycles. The summed E-state index contributed by atoms with van der Waals surface area (Å²) in [5.41, 5.74) is 0.648. The number of hydrogen-bond donors (Lipinski definition) is 1. The highest BCUT2D eigenvalue weighted by molar-refractivity contribution is 7.99. The van der Waals surface area contributed by atoms with E-state index in [1.165, 1.54) is 0 Å². The van der Waals surface area contributed by atoms with Crippen LogP contribution in [-0.4, -0.2) is 16.8 Å². The summed E-state index contributed by atoms with van der Waals surface area (Å²) in [7, 11) is 0. The summed E-state index contributed by atoms with van der Waals surface area (Å²) >= 11 is 0.497. The molecule has 2 rings (SSSR count). The Bertz CT molecular complexity index is 457. The first-order valence-corrected chi connectivity index (χ1v) is 6.49. The monoisotopic (exact) mass is 272 g/mol. The van der Waals surface area contributed by atoms with Gasteiger partial charge < -0.3 is 5.11 Å². The van der Waals surface area contributed by atoms with Crippen LogP contribution in [0.25, 0.3) is 0 Å². The van der Waals surface area contributed by atoms with Crippen LogP contribution in [0, 0.1) is 11.3 Å². The zero-order chi connectivity index (χ0) is 13.5. The quantitative estimate of drug-likeness (QED) is 0.846. The smallest absolute Gasteiger partial charge is 0.307 e. The number of carboxylic acids is 1. The molecule has 0 radical (unpaired) electrons. The van der Waals surface area contributed by atoms with E-state index in [0.717, 1.165) is 5.56 Å². The molecule has 0 spiro atoms. The number of hydrogen-bond acceptors (Lipinski definition) is 2. The van der Waals surface area contributed by atoms with Crippen molar-refractivity contribution in [1.82, 2.24) is 0 Å². The van der Waals surface area contributed by atoms with Gasteiger partial charge in [0.1, 0.15) is 0 Å². The van der Waals surface area contributed by atoms with Crippen LogP contribution in [0.4, 0.5) is 8.78 Å². The molecule has 0 bridgehead atoms. The van der Waals surface area contributed by atoms with Gasteiger partial charge in [0, 0.05) is 10.8 Å². The van der Waals surface area contributed by atoms with E-state index in [-0.39, 0.29) is 17.3 Å². The van der Waals surface area contributed by atoms with Crippen molar-refractivity contribution in [2.75, 3.05) is 0 Å². The molecule has 1 aromatic carbocycles. The van der Waals surface area contributed by atoms with Crippen LogP contribution in [-0.2, 0) is 4.79 Å². The molecule has 18 heavy (non-hydrogen) atoms. The lowest BCUT2D eigenvalue weighted by molar-refractivity contribution is -0.139. The SMILES string of the molecule is CC1(C)C(C(=O)O)C1c1ccc(SC(F)F)cc1. The van der Waals surface area contributed by atoms with E-state index in [2.05, 4.69) is 0 Å². The molecular weight excluding hydrogens is 258 g/mol. The molecule has 2 unspecified atom stereocenters. The first kappa shape index (κ1) is 13.3. The first-order chi connectivity index (χ1) is 8.34. The molecule has 1 saturated carbocycles. The number of aliphatic carboxylic acids is 1. The number of rotatable bonds is 4. The first-order valence-electron chi connectivity index (χ1n) is 5.61. The second-order valence-corrected chi connectivity index (χ2v) is 6.13. The van der Waals surface area contributed by atoms with Gasteiger partial charge in [-0.25, -0.2) is 0 Å². The van der Waals surface area contributed by atoms with E-state index in [4.69, 9.17) is 5.11 Å². The molecule has 1 aliphatic carbocycles. The highest BCUT2D eigenvalue weighted by atomic mass is 32.2. The van der Waals surface area contributed by atoms with Crippen molar-refractivity contribution in [1.29, 1.82) is 0 Å². The maximum Gasteiger partial charge on any atom is 0.307 e. The number of carboxylic acid groups (broad SMARTS) is 1. The topological polar surface area (TPSA) is 37.3 Å². The lowest BCUT2D eigenvalue weighted by Gasteiger charge is -2.04. The predicted molar refractivity (Wildman–Crippen MR) is 66.0 cm³/mol. The largest absolute Gasteiger partial charge is 0.481 e. The molecule has 0 aromatic heterocycles. The standard InChI is InChI=1S/C13H14F2O2S/c1-13(2)9(10(13)11(16)17)7-3-5-8(6-4-7)18-12(14)15/h3-6,9-10,12H,1-2H3,(H,16,17). The summed E-state index contributed by atoms with van der Waals surface area (Å²) in [5.74, 6) is -3.64. The molecule has 1 N–H and O–H groups in total. The third-order valence-corrected chi connectivity index (χ3v) is 4.28. The number of benzene rings is 1. The summed E-state index contributed by atoms with van der Waals surface area (Å²) in [6.45, 7) is 3.83. The lowest BCUT2D eigenvalue weighted by Crippen LogP contribution is -2.03. The van der Waals surface area contributed by atoms with Crippen molar-refractivity contribution in [2.24, 2.45) is 11.3 Å². The summed E-state index contributed by atoms with van der Waals surface area (Å²) in [5, 5.41) is 9.09. The maximum absolute atomic E-state index is 12.2. The van der Waals surface area contributed by atoms with Gasteiger partial charge in [-0.15, -0.1) is 0 Å². The second kappa shape index (κ2) is 4.53.